The van der Waals surface area contributed by atoms with Gasteiger partial charge in [0.25, 0.3) is 11.8 Å². The first kappa shape index (κ1) is 16.0. The number of anilines is 1. The molecule has 5 nitrogen and oxygen atoms in total. The van der Waals surface area contributed by atoms with Gasteiger partial charge >= 0.3 is 0 Å². The average Bonchev–Trinajstić information content (AvgIpc) is 3.06. The van der Waals surface area contributed by atoms with E-state index in [0.29, 0.717) is 13.1 Å². The molecule has 23 heavy (non-hydrogen) atoms. The molecule has 2 bridgehead atoms. The molecule has 2 amide bonds. The molecule has 2 fully saturated rings. The van der Waals surface area contributed by atoms with Gasteiger partial charge in [0.1, 0.15) is 6.04 Å². The molecular weight excluding hydrogens is 310 g/mol. The quantitative estimate of drug-likeness (QED) is 0.768. The zero-order valence-corrected chi connectivity index (χ0v) is 14.5. The molecule has 0 saturated carbocycles. The highest BCUT2D eigenvalue weighted by Gasteiger charge is 2.48. The Kier molecular flexibility index (Phi) is 4.42. The second kappa shape index (κ2) is 6.34. The van der Waals surface area contributed by atoms with Crippen molar-refractivity contribution >= 4 is 28.2 Å². The molecule has 3 heterocycles. The van der Waals surface area contributed by atoms with Crippen LogP contribution in [0.2, 0.25) is 0 Å². The summed E-state index contributed by atoms with van der Waals surface area (Å²) in [5.41, 5.74) is 0. The van der Waals surface area contributed by atoms with Crippen LogP contribution in [0.5, 0.6) is 0 Å². The van der Waals surface area contributed by atoms with Crippen LogP contribution in [0.25, 0.3) is 0 Å². The topological polar surface area (TPSA) is 43.9 Å². The van der Waals surface area contributed by atoms with Crippen molar-refractivity contribution in [2.24, 2.45) is 0 Å². The van der Waals surface area contributed by atoms with Crippen LogP contribution in [0.15, 0.2) is 12.1 Å². The van der Waals surface area contributed by atoms with Crippen molar-refractivity contribution in [3.8, 4) is 11.8 Å². The van der Waals surface area contributed by atoms with Gasteiger partial charge in [-0.05, 0) is 51.9 Å². The van der Waals surface area contributed by atoms with Gasteiger partial charge in [-0.1, -0.05) is 5.92 Å². The number of nitrogens with zero attached hydrogens (tertiary/aromatic N) is 3. The lowest BCUT2D eigenvalue weighted by molar-refractivity contribution is -0.137. The third-order valence-corrected chi connectivity index (χ3v) is 5.29. The molecule has 2 atom stereocenters. The van der Waals surface area contributed by atoms with Crippen LogP contribution in [-0.4, -0.2) is 60.9 Å². The lowest BCUT2D eigenvalue weighted by atomic mass is 10.1. The third kappa shape index (κ3) is 3.12. The highest BCUT2D eigenvalue weighted by atomic mass is 32.1. The van der Waals surface area contributed by atoms with E-state index in [1.54, 1.807) is 16.2 Å². The normalized spacial score (nSPS) is 23.2. The van der Waals surface area contributed by atoms with Crippen LogP contribution in [0.3, 0.4) is 0 Å². The fourth-order valence-electron chi connectivity index (χ4n) is 3.20. The molecule has 0 aliphatic carbocycles. The standard InChI is InChI=1S/C17H21N3O2S/c1-12-6-9-16(23-12)19-11-13-7-8-14(17(19)22)20(13)15(21)5-4-10-18(2)3/h6,9,13-14H,7-8,10-11H2,1-3H3. The lowest BCUT2D eigenvalue weighted by Crippen LogP contribution is -2.58. The van der Waals surface area contributed by atoms with Gasteiger partial charge in [-0.15, -0.1) is 11.3 Å². The number of carbonyl (C=O) groups is 2. The lowest BCUT2D eigenvalue weighted by Gasteiger charge is -2.38. The van der Waals surface area contributed by atoms with Crippen LogP contribution < -0.4 is 4.90 Å². The summed E-state index contributed by atoms with van der Waals surface area (Å²) in [4.78, 5) is 31.8. The van der Waals surface area contributed by atoms with Gasteiger partial charge in [0.2, 0.25) is 0 Å². The maximum absolute atomic E-state index is 12.8. The molecule has 6 heteroatoms. The summed E-state index contributed by atoms with van der Waals surface area (Å²) < 4.78 is 0. The van der Waals surface area contributed by atoms with Crippen molar-refractivity contribution in [3.05, 3.63) is 17.0 Å². The van der Waals surface area contributed by atoms with Gasteiger partial charge in [0.05, 0.1) is 17.6 Å². The fraction of sp³-hybridized carbons (Fsp3) is 0.529. The molecule has 3 rings (SSSR count). The zero-order valence-electron chi connectivity index (χ0n) is 13.7. The number of fused-ring (bicyclic) bond motifs is 2. The van der Waals surface area contributed by atoms with Crippen molar-refractivity contribution in [2.75, 3.05) is 32.1 Å². The minimum atomic E-state index is -0.350. The summed E-state index contributed by atoms with van der Waals surface area (Å²) >= 11 is 1.62. The summed E-state index contributed by atoms with van der Waals surface area (Å²) in [7, 11) is 3.82. The fourth-order valence-corrected chi connectivity index (χ4v) is 4.07. The number of hydrogen-bond donors (Lipinski definition) is 0. The van der Waals surface area contributed by atoms with Gasteiger partial charge in [0, 0.05) is 11.4 Å². The van der Waals surface area contributed by atoms with E-state index in [-0.39, 0.29) is 23.9 Å². The van der Waals surface area contributed by atoms with Gasteiger partial charge < -0.3 is 4.90 Å². The second-order valence-electron chi connectivity index (χ2n) is 6.33. The molecule has 2 unspecified atom stereocenters. The Balaban J connectivity index is 1.76. The van der Waals surface area contributed by atoms with Crippen molar-refractivity contribution in [2.45, 2.75) is 31.8 Å². The maximum Gasteiger partial charge on any atom is 0.299 e. The molecule has 1 aromatic heterocycles. The monoisotopic (exact) mass is 331 g/mol. The summed E-state index contributed by atoms with van der Waals surface area (Å²) in [5.74, 6) is 5.38. The molecule has 0 spiro atoms. The van der Waals surface area contributed by atoms with E-state index in [1.807, 2.05) is 43.0 Å². The SMILES string of the molecule is Cc1ccc(N2CC3CCC(C2=O)N3C(=O)C#CCN(C)C)s1. The summed E-state index contributed by atoms with van der Waals surface area (Å²) in [5, 5.41) is 0.982. The largest absolute Gasteiger partial charge is 0.315 e. The Morgan fingerprint density at radius 1 is 1.39 bits per heavy atom. The van der Waals surface area contributed by atoms with Crippen molar-refractivity contribution in [3.63, 3.8) is 0 Å². The maximum atomic E-state index is 12.8. The molecule has 122 valence electrons. The Hall–Kier alpha value is -1.84. The van der Waals surface area contributed by atoms with Crippen molar-refractivity contribution in [1.82, 2.24) is 9.80 Å². The Labute approximate surface area is 140 Å². The number of rotatable bonds is 2. The highest BCUT2D eigenvalue weighted by molar-refractivity contribution is 7.16. The third-order valence-electron chi connectivity index (χ3n) is 4.26. The van der Waals surface area contributed by atoms with E-state index >= 15 is 0 Å². The number of hydrogen-bond acceptors (Lipinski definition) is 4. The smallest absolute Gasteiger partial charge is 0.299 e. The Morgan fingerprint density at radius 3 is 2.83 bits per heavy atom. The van der Waals surface area contributed by atoms with E-state index in [4.69, 9.17) is 0 Å². The van der Waals surface area contributed by atoms with E-state index in [0.717, 1.165) is 17.8 Å². The van der Waals surface area contributed by atoms with Crippen LogP contribution in [0, 0.1) is 18.8 Å². The van der Waals surface area contributed by atoms with Crippen LogP contribution in [0.1, 0.15) is 17.7 Å². The van der Waals surface area contributed by atoms with Gasteiger partial charge in [0.15, 0.2) is 0 Å². The van der Waals surface area contributed by atoms with E-state index < -0.39 is 0 Å². The molecule has 2 aliphatic rings. The Bertz CT molecular complexity index is 686. The van der Waals surface area contributed by atoms with Crippen molar-refractivity contribution < 1.29 is 9.59 Å². The van der Waals surface area contributed by atoms with E-state index in [9.17, 15) is 9.59 Å². The number of aryl methyl sites for hydroxylation is 1. The molecule has 0 aromatic carbocycles. The molecule has 2 saturated heterocycles. The zero-order chi connectivity index (χ0) is 16.6. The minimum absolute atomic E-state index is 0.0309. The van der Waals surface area contributed by atoms with Crippen LogP contribution in [-0.2, 0) is 9.59 Å². The Morgan fingerprint density at radius 2 is 2.17 bits per heavy atom. The van der Waals surface area contributed by atoms with Gasteiger partial charge in [-0.2, -0.15) is 0 Å². The predicted molar refractivity (Wildman–Crippen MR) is 91.4 cm³/mol. The molecule has 0 radical (unpaired) electrons. The van der Waals surface area contributed by atoms with Gasteiger partial charge in [-0.25, -0.2) is 0 Å². The van der Waals surface area contributed by atoms with E-state index in [2.05, 4.69) is 11.8 Å². The molecule has 0 N–H and O–H groups in total. The first-order chi connectivity index (χ1) is 11.0. The summed E-state index contributed by atoms with van der Waals surface area (Å²) in [6.07, 6.45) is 1.61. The first-order valence-electron chi connectivity index (χ1n) is 7.81. The minimum Gasteiger partial charge on any atom is -0.315 e. The van der Waals surface area contributed by atoms with Crippen molar-refractivity contribution in [1.29, 1.82) is 0 Å². The molecular formula is C17H21N3O2S. The number of thiophene rings is 1. The number of amides is 2. The second-order valence-corrected chi connectivity index (χ2v) is 7.60. The van der Waals surface area contributed by atoms with Crippen LogP contribution >= 0.6 is 11.3 Å². The number of carbonyl (C=O) groups excluding carboxylic acids is 2. The number of piperazine rings is 1. The highest BCUT2D eigenvalue weighted by Crippen LogP contribution is 2.36. The average molecular weight is 331 g/mol. The summed E-state index contributed by atoms with van der Waals surface area (Å²) in [6, 6.07) is 3.75. The first-order valence-corrected chi connectivity index (χ1v) is 8.62. The predicted octanol–water partition coefficient (Wildman–Crippen LogP) is 1.33. The molecule has 2 aliphatic heterocycles. The van der Waals surface area contributed by atoms with Crippen LogP contribution in [0.4, 0.5) is 5.00 Å². The summed E-state index contributed by atoms with van der Waals surface area (Å²) in [6.45, 7) is 3.16. The molecule has 1 aromatic rings. The van der Waals surface area contributed by atoms with E-state index in [1.165, 1.54) is 4.88 Å². The van der Waals surface area contributed by atoms with Gasteiger partial charge in [-0.3, -0.25) is 19.4 Å².